The summed E-state index contributed by atoms with van der Waals surface area (Å²) < 4.78 is 27.1. The number of hydrogen-bond donors (Lipinski definition) is 0. The van der Waals surface area contributed by atoms with E-state index in [0.717, 1.165) is 0 Å². The number of nitrogens with zero attached hydrogens (tertiary/aromatic N) is 1. The SMILES string of the molecule is O=[N+]([O-])c1ccc(O[P@@]2(=O)COCCO2)cc1. The summed E-state index contributed by atoms with van der Waals surface area (Å²) in [4.78, 5) is 9.91. The lowest BCUT2D eigenvalue weighted by Crippen LogP contribution is -2.16. The molecule has 1 aromatic carbocycles. The molecule has 1 aromatic rings. The number of nitro benzene ring substituents is 1. The monoisotopic (exact) mass is 259 g/mol. The Morgan fingerprint density at radius 1 is 1.29 bits per heavy atom. The van der Waals surface area contributed by atoms with Gasteiger partial charge in [0.2, 0.25) is 0 Å². The molecule has 0 aromatic heterocycles. The molecule has 8 heteroatoms. The zero-order chi connectivity index (χ0) is 12.3. The van der Waals surface area contributed by atoms with E-state index in [1.165, 1.54) is 24.3 Å². The summed E-state index contributed by atoms with van der Waals surface area (Å²) in [5, 5.41) is 10.4. The molecule has 1 aliphatic rings. The van der Waals surface area contributed by atoms with Crippen molar-refractivity contribution in [2.45, 2.75) is 0 Å². The van der Waals surface area contributed by atoms with Gasteiger partial charge in [-0.1, -0.05) is 0 Å². The molecule has 0 radical (unpaired) electrons. The van der Waals surface area contributed by atoms with Gasteiger partial charge < -0.3 is 9.26 Å². The Kier molecular flexibility index (Phi) is 3.42. The summed E-state index contributed by atoms with van der Waals surface area (Å²) in [6.07, 6.45) is -0.107. The van der Waals surface area contributed by atoms with Crippen LogP contribution in [0.25, 0.3) is 0 Å². The second-order valence-corrected chi connectivity index (χ2v) is 5.24. The van der Waals surface area contributed by atoms with Crippen molar-refractivity contribution in [2.75, 3.05) is 19.6 Å². The average molecular weight is 259 g/mol. The first-order valence-electron chi connectivity index (χ1n) is 4.84. The van der Waals surface area contributed by atoms with E-state index in [4.69, 9.17) is 13.8 Å². The van der Waals surface area contributed by atoms with Crippen LogP contribution >= 0.6 is 7.60 Å². The van der Waals surface area contributed by atoms with Crippen molar-refractivity contribution in [2.24, 2.45) is 0 Å². The first-order chi connectivity index (χ1) is 8.09. The second kappa shape index (κ2) is 4.83. The Labute approximate surface area is 97.0 Å². The number of ether oxygens (including phenoxy) is 1. The quantitative estimate of drug-likeness (QED) is 0.469. The molecule has 1 saturated heterocycles. The highest BCUT2D eigenvalue weighted by Gasteiger charge is 2.30. The molecule has 17 heavy (non-hydrogen) atoms. The van der Waals surface area contributed by atoms with Gasteiger partial charge >= 0.3 is 7.60 Å². The molecule has 1 atom stereocenters. The third-order valence-electron chi connectivity index (χ3n) is 2.06. The van der Waals surface area contributed by atoms with Crippen LogP contribution in [0, 0.1) is 10.1 Å². The molecular formula is C9H10NO6P. The summed E-state index contributed by atoms with van der Waals surface area (Å²) in [6.45, 7) is 0.595. The molecule has 1 aliphatic heterocycles. The van der Waals surface area contributed by atoms with Gasteiger partial charge in [-0.2, -0.15) is 0 Å². The van der Waals surface area contributed by atoms with Gasteiger partial charge in [-0.25, -0.2) is 4.57 Å². The normalized spacial score (nSPS) is 24.2. The Balaban J connectivity index is 2.08. The van der Waals surface area contributed by atoms with E-state index in [0.29, 0.717) is 6.61 Å². The van der Waals surface area contributed by atoms with Crippen LogP contribution in [0.5, 0.6) is 5.75 Å². The third-order valence-corrected chi connectivity index (χ3v) is 3.62. The molecule has 0 N–H and O–H groups in total. The third kappa shape index (κ3) is 3.03. The highest BCUT2D eigenvalue weighted by Crippen LogP contribution is 2.49. The van der Waals surface area contributed by atoms with Gasteiger partial charge in [0.25, 0.3) is 5.69 Å². The number of rotatable bonds is 3. The fraction of sp³-hybridized carbons (Fsp3) is 0.333. The summed E-state index contributed by atoms with van der Waals surface area (Å²) in [6, 6.07) is 5.28. The van der Waals surface area contributed by atoms with E-state index in [2.05, 4.69) is 0 Å². The van der Waals surface area contributed by atoms with Gasteiger partial charge in [-0.05, 0) is 12.1 Å². The maximum absolute atomic E-state index is 11.9. The van der Waals surface area contributed by atoms with Gasteiger partial charge in [0, 0.05) is 12.1 Å². The average Bonchev–Trinajstić information content (AvgIpc) is 2.30. The topological polar surface area (TPSA) is 87.9 Å². The second-order valence-electron chi connectivity index (χ2n) is 3.32. The molecule has 0 saturated carbocycles. The largest absolute Gasteiger partial charge is 0.423 e. The Hall–Kier alpha value is -1.43. The molecule has 92 valence electrons. The molecule has 0 aliphatic carbocycles. The van der Waals surface area contributed by atoms with Crippen LogP contribution in [0.2, 0.25) is 0 Å². The molecule has 0 bridgehead atoms. The van der Waals surface area contributed by atoms with E-state index in [-0.39, 0.29) is 24.4 Å². The van der Waals surface area contributed by atoms with Crippen molar-refractivity contribution >= 4 is 13.3 Å². The van der Waals surface area contributed by atoms with Crippen molar-refractivity contribution in [1.82, 2.24) is 0 Å². The van der Waals surface area contributed by atoms with Gasteiger partial charge in [-0.3, -0.25) is 14.6 Å². The van der Waals surface area contributed by atoms with E-state index >= 15 is 0 Å². The van der Waals surface area contributed by atoms with Gasteiger partial charge in [0.05, 0.1) is 18.1 Å². The fourth-order valence-corrected chi connectivity index (χ4v) is 2.62. The van der Waals surface area contributed by atoms with Crippen molar-refractivity contribution in [3.63, 3.8) is 0 Å². The van der Waals surface area contributed by atoms with E-state index in [9.17, 15) is 14.7 Å². The lowest BCUT2D eigenvalue weighted by molar-refractivity contribution is -0.384. The van der Waals surface area contributed by atoms with Crippen LogP contribution < -0.4 is 4.52 Å². The first kappa shape index (κ1) is 12.0. The predicted molar refractivity (Wildman–Crippen MR) is 58.1 cm³/mol. The molecule has 2 rings (SSSR count). The van der Waals surface area contributed by atoms with Gasteiger partial charge in [0.15, 0.2) is 6.35 Å². The van der Waals surface area contributed by atoms with E-state index in [1.54, 1.807) is 0 Å². The minimum absolute atomic E-state index is 0.0588. The Morgan fingerprint density at radius 3 is 2.53 bits per heavy atom. The minimum atomic E-state index is -3.27. The molecule has 0 unspecified atom stereocenters. The minimum Gasteiger partial charge on any atom is -0.423 e. The van der Waals surface area contributed by atoms with Gasteiger partial charge in [0.1, 0.15) is 5.75 Å². The van der Waals surface area contributed by atoms with Crippen molar-refractivity contribution in [1.29, 1.82) is 0 Å². The zero-order valence-electron chi connectivity index (χ0n) is 8.77. The highest BCUT2D eigenvalue weighted by atomic mass is 31.2. The Bertz CT molecular complexity index is 449. The molecular weight excluding hydrogens is 249 g/mol. The zero-order valence-corrected chi connectivity index (χ0v) is 9.67. The van der Waals surface area contributed by atoms with E-state index < -0.39 is 12.5 Å². The molecule has 0 amide bonds. The first-order valence-corrected chi connectivity index (χ1v) is 6.57. The predicted octanol–water partition coefficient (Wildman–Crippen LogP) is 2.17. The lowest BCUT2D eigenvalue weighted by Gasteiger charge is -2.22. The summed E-state index contributed by atoms with van der Waals surface area (Å²) in [5.41, 5.74) is -0.0588. The Morgan fingerprint density at radius 2 is 2.00 bits per heavy atom. The van der Waals surface area contributed by atoms with Crippen molar-refractivity contribution in [3.8, 4) is 5.75 Å². The van der Waals surface area contributed by atoms with Crippen LogP contribution in [0.1, 0.15) is 0 Å². The number of nitro groups is 1. The van der Waals surface area contributed by atoms with E-state index in [1.807, 2.05) is 0 Å². The van der Waals surface area contributed by atoms with Crippen molar-refractivity contribution in [3.05, 3.63) is 34.4 Å². The fourth-order valence-electron chi connectivity index (χ4n) is 1.29. The number of non-ortho nitro benzene ring substituents is 1. The molecule has 1 heterocycles. The van der Waals surface area contributed by atoms with Gasteiger partial charge in [-0.15, -0.1) is 0 Å². The van der Waals surface area contributed by atoms with Crippen LogP contribution in [0.3, 0.4) is 0 Å². The molecule has 7 nitrogen and oxygen atoms in total. The number of hydrogen-bond acceptors (Lipinski definition) is 6. The molecule has 1 fully saturated rings. The highest BCUT2D eigenvalue weighted by molar-refractivity contribution is 7.54. The van der Waals surface area contributed by atoms with Crippen LogP contribution in [0.4, 0.5) is 5.69 Å². The summed E-state index contributed by atoms with van der Waals surface area (Å²) in [7, 11) is -3.27. The molecule has 0 spiro atoms. The summed E-state index contributed by atoms with van der Waals surface area (Å²) in [5.74, 6) is 0.254. The van der Waals surface area contributed by atoms with Crippen LogP contribution in [0.15, 0.2) is 24.3 Å². The smallest absolute Gasteiger partial charge is 0.404 e. The van der Waals surface area contributed by atoms with Crippen LogP contribution in [-0.2, 0) is 13.8 Å². The standard InChI is InChI=1S/C9H10NO6P/c11-10(12)8-1-3-9(4-2-8)16-17(13)7-14-5-6-15-17/h1-4H,5-7H2/t17-/m1/s1. The maximum atomic E-state index is 11.9. The number of benzene rings is 1. The van der Waals surface area contributed by atoms with Crippen LogP contribution in [-0.4, -0.2) is 24.5 Å². The maximum Gasteiger partial charge on any atom is 0.404 e. The summed E-state index contributed by atoms with van der Waals surface area (Å²) >= 11 is 0. The lowest BCUT2D eigenvalue weighted by atomic mass is 10.3. The van der Waals surface area contributed by atoms with Crippen molar-refractivity contribution < 1.29 is 23.3 Å².